The van der Waals surface area contributed by atoms with E-state index in [1.165, 1.54) is 32.1 Å². The molecule has 1 aliphatic carbocycles. The van der Waals surface area contributed by atoms with E-state index in [1.807, 2.05) is 16.8 Å². The number of nitrogens with one attached hydrogen (secondary N) is 2. The molecule has 0 bridgehead atoms. The minimum Gasteiger partial charge on any atom is -0.364 e. The number of nitrogen functional groups attached to an aromatic ring is 1. The summed E-state index contributed by atoms with van der Waals surface area (Å²) in [6, 6.07) is 0.450. The normalized spacial score (nSPS) is 17.8. The van der Waals surface area contributed by atoms with Crippen LogP contribution in [0.5, 0.6) is 0 Å². The summed E-state index contributed by atoms with van der Waals surface area (Å²) in [5.74, 6) is 7.70. The van der Waals surface area contributed by atoms with E-state index in [-0.39, 0.29) is 0 Å². The maximum Gasteiger partial charge on any atom is 0.180 e. The molecule has 0 saturated heterocycles. The molecule has 1 saturated carbocycles. The van der Waals surface area contributed by atoms with Crippen LogP contribution in [0.15, 0.2) is 18.6 Å². The summed E-state index contributed by atoms with van der Waals surface area (Å²) < 4.78 is 1.94. The van der Waals surface area contributed by atoms with Crippen LogP contribution in [0.3, 0.4) is 0 Å². The third-order valence-corrected chi connectivity index (χ3v) is 4.50. The molecule has 1 fully saturated rings. The van der Waals surface area contributed by atoms with Crippen molar-refractivity contribution in [2.45, 2.75) is 51.5 Å². The average molecular weight is 288 g/mol. The number of imidazole rings is 1. The lowest BCUT2D eigenvalue weighted by Gasteiger charge is -2.30. The fourth-order valence-corrected chi connectivity index (χ4v) is 3.36. The van der Waals surface area contributed by atoms with Gasteiger partial charge in [0.25, 0.3) is 0 Å². The number of nitrogens with two attached hydrogens (primary N) is 1. The first-order valence-corrected chi connectivity index (χ1v) is 7.88. The van der Waals surface area contributed by atoms with Gasteiger partial charge in [0.15, 0.2) is 17.3 Å². The smallest absolute Gasteiger partial charge is 0.180 e. The van der Waals surface area contributed by atoms with Crippen LogP contribution >= 0.6 is 0 Å². The second-order valence-corrected chi connectivity index (χ2v) is 5.83. The van der Waals surface area contributed by atoms with Gasteiger partial charge in [0.2, 0.25) is 0 Å². The van der Waals surface area contributed by atoms with E-state index in [1.54, 1.807) is 6.20 Å². The van der Waals surface area contributed by atoms with Crippen LogP contribution in [0, 0.1) is 5.92 Å². The lowest BCUT2D eigenvalue weighted by molar-refractivity contribution is 0.312. The quantitative estimate of drug-likeness (QED) is 0.582. The Morgan fingerprint density at radius 1 is 1.38 bits per heavy atom. The Balaban J connectivity index is 1.86. The van der Waals surface area contributed by atoms with Crippen molar-refractivity contribution in [1.82, 2.24) is 14.4 Å². The number of hydrogen-bond donors (Lipinski definition) is 3. The molecule has 21 heavy (non-hydrogen) atoms. The van der Waals surface area contributed by atoms with Crippen molar-refractivity contribution in [2.75, 3.05) is 10.7 Å². The van der Waals surface area contributed by atoms with Gasteiger partial charge in [0.05, 0.1) is 6.20 Å². The van der Waals surface area contributed by atoms with Crippen LogP contribution in [-0.4, -0.2) is 20.4 Å². The summed E-state index contributed by atoms with van der Waals surface area (Å²) in [4.78, 5) is 8.94. The second-order valence-electron chi connectivity index (χ2n) is 5.83. The van der Waals surface area contributed by atoms with E-state index in [0.717, 1.165) is 23.8 Å². The molecule has 0 spiro atoms. The molecule has 6 heteroatoms. The summed E-state index contributed by atoms with van der Waals surface area (Å²) >= 11 is 0. The highest BCUT2D eigenvalue weighted by atomic mass is 15.3. The molecular formula is C15H24N6. The third kappa shape index (κ3) is 2.95. The minimum absolute atomic E-state index is 0.450. The molecule has 0 radical (unpaired) electrons. The Morgan fingerprint density at radius 3 is 2.90 bits per heavy atom. The van der Waals surface area contributed by atoms with Crippen molar-refractivity contribution in [2.24, 2.45) is 11.8 Å². The average Bonchev–Trinajstić information content (AvgIpc) is 3.01. The monoisotopic (exact) mass is 288 g/mol. The highest BCUT2D eigenvalue weighted by Gasteiger charge is 2.23. The summed E-state index contributed by atoms with van der Waals surface area (Å²) in [5, 5.41) is 3.61. The molecule has 3 rings (SSSR count). The Bertz CT molecular complexity index is 587. The van der Waals surface area contributed by atoms with Gasteiger partial charge in [-0.25, -0.2) is 15.8 Å². The first-order valence-electron chi connectivity index (χ1n) is 7.88. The second kappa shape index (κ2) is 6.30. The number of hydrogen-bond acceptors (Lipinski definition) is 5. The number of rotatable bonds is 5. The lowest BCUT2D eigenvalue weighted by Crippen LogP contribution is -2.31. The molecule has 2 aromatic rings. The third-order valence-electron chi connectivity index (χ3n) is 4.50. The maximum atomic E-state index is 5.51. The van der Waals surface area contributed by atoms with E-state index < -0.39 is 0 Å². The number of fused-ring (bicyclic) bond motifs is 1. The zero-order valence-corrected chi connectivity index (χ0v) is 12.5. The zero-order chi connectivity index (χ0) is 14.7. The van der Waals surface area contributed by atoms with Gasteiger partial charge in [-0.05, 0) is 25.2 Å². The Kier molecular flexibility index (Phi) is 4.24. The number of anilines is 2. The Labute approximate surface area is 125 Å². The maximum absolute atomic E-state index is 5.51. The minimum atomic E-state index is 0.450. The first kappa shape index (κ1) is 14.1. The van der Waals surface area contributed by atoms with Gasteiger partial charge in [-0.15, -0.1) is 0 Å². The van der Waals surface area contributed by atoms with Crippen molar-refractivity contribution < 1.29 is 0 Å². The van der Waals surface area contributed by atoms with E-state index in [9.17, 15) is 0 Å². The lowest BCUT2D eigenvalue weighted by atomic mass is 9.83. The SMILES string of the molecule is CCC(Nc1nc(NN)cn2ccnc12)C1CCCCC1. The van der Waals surface area contributed by atoms with E-state index >= 15 is 0 Å². The molecular weight excluding hydrogens is 264 g/mol. The Hall–Kier alpha value is -1.82. The van der Waals surface area contributed by atoms with Gasteiger partial charge in [0, 0.05) is 18.4 Å². The molecule has 1 atom stereocenters. The van der Waals surface area contributed by atoms with Gasteiger partial charge in [-0.1, -0.05) is 26.2 Å². The van der Waals surface area contributed by atoms with Gasteiger partial charge >= 0.3 is 0 Å². The van der Waals surface area contributed by atoms with Crippen molar-refractivity contribution >= 4 is 17.3 Å². The topological polar surface area (TPSA) is 80.3 Å². The number of aromatic nitrogens is 3. The molecule has 0 aliphatic heterocycles. The highest BCUT2D eigenvalue weighted by Crippen LogP contribution is 2.30. The van der Waals surface area contributed by atoms with Crippen LogP contribution in [-0.2, 0) is 0 Å². The Morgan fingerprint density at radius 2 is 2.19 bits per heavy atom. The van der Waals surface area contributed by atoms with Gasteiger partial charge < -0.3 is 15.1 Å². The summed E-state index contributed by atoms with van der Waals surface area (Å²) in [6.45, 7) is 2.24. The van der Waals surface area contributed by atoms with E-state index in [0.29, 0.717) is 11.9 Å². The fourth-order valence-electron chi connectivity index (χ4n) is 3.36. The molecule has 1 unspecified atom stereocenters. The molecule has 6 nitrogen and oxygen atoms in total. The molecule has 2 aromatic heterocycles. The highest BCUT2D eigenvalue weighted by molar-refractivity contribution is 5.65. The zero-order valence-electron chi connectivity index (χ0n) is 12.5. The molecule has 114 valence electrons. The number of hydrazine groups is 1. The molecule has 2 heterocycles. The molecule has 4 N–H and O–H groups in total. The van der Waals surface area contributed by atoms with Crippen molar-refractivity contribution in [3.05, 3.63) is 18.6 Å². The van der Waals surface area contributed by atoms with Gasteiger partial charge in [-0.3, -0.25) is 0 Å². The summed E-state index contributed by atoms with van der Waals surface area (Å²) in [6.07, 6.45) is 13.3. The molecule has 0 amide bonds. The van der Waals surface area contributed by atoms with Crippen LogP contribution in [0.2, 0.25) is 0 Å². The standard InChI is InChI=1S/C15H24N6/c1-2-12(11-6-4-3-5-7-11)18-14-15-17-8-9-21(15)10-13(19-14)20-16/h8-12,20H,2-7,16H2,1H3,(H,18,19). The van der Waals surface area contributed by atoms with Crippen LogP contribution in [0.1, 0.15) is 45.4 Å². The van der Waals surface area contributed by atoms with Crippen molar-refractivity contribution in [1.29, 1.82) is 0 Å². The predicted molar refractivity (Wildman–Crippen MR) is 85.1 cm³/mol. The predicted octanol–water partition coefficient (Wildman–Crippen LogP) is 2.79. The van der Waals surface area contributed by atoms with Crippen LogP contribution in [0.4, 0.5) is 11.6 Å². The summed E-state index contributed by atoms with van der Waals surface area (Å²) in [7, 11) is 0. The summed E-state index contributed by atoms with van der Waals surface area (Å²) in [5.41, 5.74) is 3.47. The number of nitrogens with zero attached hydrogens (tertiary/aromatic N) is 3. The molecule has 1 aliphatic rings. The fraction of sp³-hybridized carbons (Fsp3) is 0.600. The van der Waals surface area contributed by atoms with Gasteiger partial charge in [0.1, 0.15) is 0 Å². The van der Waals surface area contributed by atoms with Crippen molar-refractivity contribution in [3.63, 3.8) is 0 Å². The van der Waals surface area contributed by atoms with Crippen molar-refractivity contribution in [3.8, 4) is 0 Å². The van der Waals surface area contributed by atoms with Gasteiger partial charge in [-0.2, -0.15) is 0 Å². The van der Waals surface area contributed by atoms with Crippen LogP contribution < -0.4 is 16.6 Å². The van der Waals surface area contributed by atoms with E-state index in [4.69, 9.17) is 5.84 Å². The van der Waals surface area contributed by atoms with E-state index in [2.05, 4.69) is 27.6 Å². The largest absolute Gasteiger partial charge is 0.364 e. The molecule has 0 aromatic carbocycles. The van der Waals surface area contributed by atoms with Crippen LogP contribution in [0.25, 0.3) is 5.65 Å². The first-order chi connectivity index (χ1) is 10.3.